The topological polar surface area (TPSA) is 78.8 Å². The lowest BCUT2D eigenvalue weighted by Crippen LogP contribution is -2.52. The van der Waals surface area contributed by atoms with Crippen LogP contribution in [-0.4, -0.2) is 107 Å². The van der Waals surface area contributed by atoms with Crippen LogP contribution >= 0.6 is 0 Å². The van der Waals surface area contributed by atoms with Gasteiger partial charge in [-0.1, -0.05) is 0 Å². The number of carbonyl (C=O) groups is 1. The third kappa shape index (κ3) is 5.65. The van der Waals surface area contributed by atoms with Crippen LogP contribution in [0.25, 0.3) is 0 Å². The van der Waals surface area contributed by atoms with Crippen LogP contribution < -0.4 is 5.32 Å². The summed E-state index contributed by atoms with van der Waals surface area (Å²) in [4.78, 5) is 23.0. The zero-order chi connectivity index (χ0) is 18.2. The molecule has 1 aromatic heterocycles. The molecule has 9 nitrogen and oxygen atoms in total. The van der Waals surface area contributed by atoms with Crippen LogP contribution in [0.15, 0.2) is 12.7 Å². The van der Waals surface area contributed by atoms with Crippen molar-refractivity contribution in [3.63, 3.8) is 0 Å². The van der Waals surface area contributed by atoms with E-state index in [1.165, 1.54) is 0 Å². The summed E-state index contributed by atoms with van der Waals surface area (Å²) in [5, 5.41) is 7.20. The number of ether oxygens (including phenoxy) is 1. The van der Waals surface area contributed by atoms with Crippen molar-refractivity contribution in [2.24, 2.45) is 0 Å². The Balaban J connectivity index is 1.28. The molecular formula is C17H31N7O2. The predicted octanol–water partition coefficient (Wildman–Crippen LogP) is -0.284. The molecule has 0 saturated carbocycles. The number of hydrogen-bond donors (Lipinski definition) is 1. The van der Waals surface area contributed by atoms with Gasteiger partial charge in [0.25, 0.3) is 0 Å². The summed E-state index contributed by atoms with van der Waals surface area (Å²) in [6, 6.07) is 0.544. The van der Waals surface area contributed by atoms with E-state index in [0.29, 0.717) is 6.04 Å². The molecule has 9 heteroatoms. The highest BCUT2D eigenvalue weighted by Gasteiger charge is 2.21. The van der Waals surface area contributed by atoms with E-state index in [4.69, 9.17) is 4.74 Å². The van der Waals surface area contributed by atoms with Crippen LogP contribution in [0, 0.1) is 0 Å². The molecule has 2 aliphatic heterocycles. The second kappa shape index (κ2) is 9.84. The van der Waals surface area contributed by atoms with E-state index in [-0.39, 0.29) is 6.03 Å². The Bertz CT molecular complexity index is 525. The molecule has 3 heterocycles. The van der Waals surface area contributed by atoms with Crippen molar-refractivity contribution >= 4 is 6.03 Å². The number of urea groups is 1. The summed E-state index contributed by atoms with van der Waals surface area (Å²) in [5.74, 6) is 0. The SMILES string of the molecule is CC(CCNC(=O)N1CCN(CCn2cncn2)CC1)N1CCOCC1. The number of hydrogen-bond acceptors (Lipinski definition) is 6. The highest BCUT2D eigenvalue weighted by Crippen LogP contribution is 2.07. The normalized spacial score (nSPS) is 20.9. The molecule has 2 aliphatic rings. The van der Waals surface area contributed by atoms with Crippen LogP contribution in [0.4, 0.5) is 4.79 Å². The maximum absolute atomic E-state index is 12.3. The third-order valence-electron chi connectivity index (χ3n) is 5.28. The first-order chi connectivity index (χ1) is 12.7. The Morgan fingerprint density at radius 1 is 1.15 bits per heavy atom. The van der Waals surface area contributed by atoms with Crippen LogP contribution in [-0.2, 0) is 11.3 Å². The van der Waals surface area contributed by atoms with Gasteiger partial charge >= 0.3 is 6.03 Å². The molecule has 1 N–H and O–H groups in total. The minimum atomic E-state index is 0.0649. The smallest absolute Gasteiger partial charge is 0.317 e. The van der Waals surface area contributed by atoms with Gasteiger partial charge in [-0.3, -0.25) is 14.5 Å². The molecular weight excluding hydrogens is 334 g/mol. The number of piperazine rings is 1. The van der Waals surface area contributed by atoms with Gasteiger partial charge in [0.2, 0.25) is 0 Å². The summed E-state index contributed by atoms with van der Waals surface area (Å²) in [7, 11) is 0. The molecule has 2 amide bonds. The lowest BCUT2D eigenvalue weighted by Gasteiger charge is -2.35. The fourth-order valence-corrected chi connectivity index (χ4v) is 3.47. The maximum atomic E-state index is 12.3. The van der Waals surface area contributed by atoms with Crippen molar-refractivity contribution in [3.8, 4) is 0 Å². The molecule has 0 aliphatic carbocycles. The van der Waals surface area contributed by atoms with Gasteiger partial charge in [0.05, 0.1) is 19.8 Å². The summed E-state index contributed by atoms with van der Waals surface area (Å²) < 4.78 is 7.23. The number of amides is 2. The number of rotatable bonds is 7. The molecule has 1 aromatic rings. The van der Waals surface area contributed by atoms with Crippen molar-refractivity contribution in [1.82, 2.24) is 34.8 Å². The van der Waals surface area contributed by atoms with Crippen molar-refractivity contribution in [1.29, 1.82) is 0 Å². The lowest BCUT2D eigenvalue weighted by molar-refractivity contribution is 0.0187. The number of nitrogens with one attached hydrogen (secondary N) is 1. The van der Waals surface area contributed by atoms with E-state index in [2.05, 4.69) is 32.1 Å². The van der Waals surface area contributed by atoms with Gasteiger partial charge in [-0.25, -0.2) is 9.78 Å². The minimum absolute atomic E-state index is 0.0649. The molecule has 2 saturated heterocycles. The van der Waals surface area contributed by atoms with Crippen LogP contribution in [0.5, 0.6) is 0 Å². The standard InChI is InChI=1S/C17H31N7O2/c1-16(22-10-12-26-13-11-22)2-3-19-17(25)23-7-4-21(5-8-23)6-9-24-15-18-14-20-24/h14-16H,2-13H2,1H3,(H,19,25). The molecule has 0 spiro atoms. The van der Waals surface area contributed by atoms with Crippen molar-refractivity contribution in [2.75, 3.05) is 65.6 Å². The van der Waals surface area contributed by atoms with E-state index in [0.717, 1.165) is 78.5 Å². The zero-order valence-corrected chi connectivity index (χ0v) is 15.7. The third-order valence-corrected chi connectivity index (χ3v) is 5.28. The van der Waals surface area contributed by atoms with Gasteiger partial charge in [-0.15, -0.1) is 0 Å². The lowest BCUT2D eigenvalue weighted by atomic mass is 10.2. The van der Waals surface area contributed by atoms with E-state index < -0.39 is 0 Å². The molecule has 0 radical (unpaired) electrons. The summed E-state index contributed by atoms with van der Waals surface area (Å²) in [6.07, 6.45) is 4.27. The van der Waals surface area contributed by atoms with Crippen molar-refractivity contribution < 1.29 is 9.53 Å². The van der Waals surface area contributed by atoms with E-state index in [9.17, 15) is 4.79 Å². The van der Waals surface area contributed by atoms with Crippen LogP contribution in [0.2, 0.25) is 0 Å². The quantitative estimate of drug-likeness (QED) is 0.716. The molecule has 1 unspecified atom stereocenters. The molecule has 2 fully saturated rings. The molecule has 146 valence electrons. The van der Waals surface area contributed by atoms with Gasteiger partial charge in [0, 0.05) is 58.4 Å². The first kappa shape index (κ1) is 19.1. The molecule has 1 atom stereocenters. The monoisotopic (exact) mass is 365 g/mol. The first-order valence-corrected chi connectivity index (χ1v) is 9.62. The fraction of sp³-hybridized carbons (Fsp3) is 0.824. The number of nitrogens with zero attached hydrogens (tertiary/aromatic N) is 6. The largest absolute Gasteiger partial charge is 0.379 e. The zero-order valence-electron chi connectivity index (χ0n) is 15.7. The number of aromatic nitrogens is 3. The Hall–Kier alpha value is -1.71. The number of carbonyl (C=O) groups excluding carboxylic acids is 1. The van der Waals surface area contributed by atoms with Crippen LogP contribution in [0.3, 0.4) is 0 Å². The highest BCUT2D eigenvalue weighted by molar-refractivity contribution is 5.74. The van der Waals surface area contributed by atoms with Crippen LogP contribution in [0.1, 0.15) is 13.3 Å². The minimum Gasteiger partial charge on any atom is -0.379 e. The Kier molecular flexibility index (Phi) is 7.22. The predicted molar refractivity (Wildman–Crippen MR) is 97.9 cm³/mol. The second-order valence-electron chi connectivity index (χ2n) is 7.01. The molecule has 26 heavy (non-hydrogen) atoms. The van der Waals surface area contributed by atoms with Gasteiger partial charge in [0.1, 0.15) is 12.7 Å². The van der Waals surface area contributed by atoms with Gasteiger partial charge in [-0.05, 0) is 13.3 Å². The van der Waals surface area contributed by atoms with Crippen molar-refractivity contribution in [3.05, 3.63) is 12.7 Å². The van der Waals surface area contributed by atoms with E-state index in [1.54, 1.807) is 12.7 Å². The molecule has 0 aromatic carbocycles. The van der Waals surface area contributed by atoms with Gasteiger partial charge in [-0.2, -0.15) is 5.10 Å². The van der Waals surface area contributed by atoms with E-state index in [1.807, 2.05) is 9.58 Å². The number of morpholine rings is 1. The maximum Gasteiger partial charge on any atom is 0.317 e. The Labute approximate surface area is 155 Å². The van der Waals surface area contributed by atoms with Gasteiger partial charge in [0.15, 0.2) is 0 Å². The Morgan fingerprint density at radius 3 is 2.62 bits per heavy atom. The highest BCUT2D eigenvalue weighted by atomic mass is 16.5. The second-order valence-corrected chi connectivity index (χ2v) is 7.01. The first-order valence-electron chi connectivity index (χ1n) is 9.62. The summed E-state index contributed by atoms with van der Waals surface area (Å²) in [5.41, 5.74) is 0. The van der Waals surface area contributed by atoms with Crippen molar-refractivity contribution in [2.45, 2.75) is 25.9 Å². The average molecular weight is 365 g/mol. The fourth-order valence-electron chi connectivity index (χ4n) is 3.47. The molecule has 0 bridgehead atoms. The average Bonchev–Trinajstić information content (AvgIpc) is 3.21. The summed E-state index contributed by atoms with van der Waals surface area (Å²) in [6.45, 7) is 11.7. The Morgan fingerprint density at radius 2 is 1.92 bits per heavy atom. The van der Waals surface area contributed by atoms with Gasteiger partial charge < -0.3 is 15.0 Å². The molecule has 3 rings (SSSR count). The summed E-state index contributed by atoms with van der Waals surface area (Å²) >= 11 is 0. The van der Waals surface area contributed by atoms with E-state index >= 15 is 0 Å².